The number of likely N-dealkylation sites (N-methyl/N-ethyl adjacent to an activating group) is 1. The molecular weight excluding hydrogens is 280 g/mol. The van der Waals surface area contributed by atoms with Crippen molar-refractivity contribution in [3.63, 3.8) is 0 Å². The van der Waals surface area contributed by atoms with Crippen molar-refractivity contribution in [2.24, 2.45) is 0 Å². The van der Waals surface area contributed by atoms with Crippen molar-refractivity contribution in [1.29, 1.82) is 0 Å². The van der Waals surface area contributed by atoms with Gasteiger partial charge in [-0.15, -0.1) is 0 Å². The van der Waals surface area contributed by atoms with Crippen LogP contribution in [-0.4, -0.2) is 18.0 Å². The summed E-state index contributed by atoms with van der Waals surface area (Å²) in [4.78, 5) is 14.5. The summed E-state index contributed by atoms with van der Waals surface area (Å²) >= 11 is 3.50. The highest BCUT2D eigenvalue weighted by Gasteiger charge is 2.51. The summed E-state index contributed by atoms with van der Waals surface area (Å²) < 4.78 is 1.06. The van der Waals surface area contributed by atoms with Gasteiger partial charge in [0.2, 0.25) is 5.91 Å². The van der Waals surface area contributed by atoms with Gasteiger partial charge in [-0.05, 0) is 44.4 Å². The van der Waals surface area contributed by atoms with E-state index in [1.165, 1.54) is 0 Å². The minimum Gasteiger partial charge on any atom is -0.356 e. The third kappa shape index (κ3) is 1.43. The molecule has 1 aliphatic heterocycles. The highest BCUT2D eigenvalue weighted by Crippen LogP contribution is 2.47. The molecule has 0 saturated heterocycles. The lowest BCUT2D eigenvalue weighted by atomic mass is 9.73. The number of hydrogen-bond donors (Lipinski definition) is 1. The molecule has 1 fully saturated rings. The van der Waals surface area contributed by atoms with Gasteiger partial charge < -0.3 is 10.2 Å². The number of nitrogens with one attached hydrogen (secondary N) is 1. The van der Waals surface area contributed by atoms with Crippen molar-refractivity contribution >= 4 is 33.2 Å². The zero-order chi connectivity index (χ0) is 12.0. The van der Waals surface area contributed by atoms with Crippen LogP contribution in [0, 0.1) is 0 Å². The molecule has 0 bridgehead atoms. The third-order valence-corrected chi connectivity index (χ3v) is 4.43. The number of nitrogens with zero attached hydrogens (tertiary/aromatic N) is 1. The van der Waals surface area contributed by atoms with E-state index in [-0.39, 0.29) is 11.4 Å². The molecule has 1 aromatic carbocycles. The minimum absolute atomic E-state index is 0.167. The number of fused-ring (bicyclic) bond motifs is 1. The van der Waals surface area contributed by atoms with E-state index >= 15 is 0 Å². The number of carbonyl (C=O) groups excluding carboxylic acids is 1. The fraction of sp³-hybridized carbons (Fsp3) is 0.462. The van der Waals surface area contributed by atoms with Crippen LogP contribution >= 0.6 is 15.9 Å². The fourth-order valence-electron chi connectivity index (χ4n) is 2.91. The number of halogens is 1. The first-order chi connectivity index (χ1) is 8.17. The second-order valence-electron chi connectivity index (χ2n) is 4.74. The van der Waals surface area contributed by atoms with Gasteiger partial charge in [0.05, 0.1) is 11.4 Å². The average Bonchev–Trinajstić information content (AvgIpc) is 2.25. The Kier molecular flexibility index (Phi) is 2.43. The van der Waals surface area contributed by atoms with Gasteiger partial charge in [-0.1, -0.05) is 15.9 Å². The fourth-order valence-corrected chi connectivity index (χ4v) is 3.26. The van der Waals surface area contributed by atoms with Gasteiger partial charge in [-0.25, -0.2) is 0 Å². The molecule has 1 heterocycles. The van der Waals surface area contributed by atoms with Crippen molar-refractivity contribution in [1.82, 2.24) is 0 Å². The lowest BCUT2D eigenvalue weighted by Crippen LogP contribution is -2.63. The Labute approximate surface area is 109 Å². The smallest absolute Gasteiger partial charge is 0.250 e. The number of amides is 1. The maximum absolute atomic E-state index is 12.3. The molecule has 3 nitrogen and oxygen atoms in total. The lowest BCUT2D eigenvalue weighted by molar-refractivity contribution is -0.124. The summed E-state index contributed by atoms with van der Waals surface area (Å²) in [6.45, 7) is 2.99. The van der Waals surface area contributed by atoms with Crippen LogP contribution in [0.25, 0.3) is 0 Å². The van der Waals surface area contributed by atoms with Crippen LogP contribution in [-0.2, 0) is 4.79 Å². The van der Waals surface area contributed by atoms with Crippen LogP contribution in [0.3, 0.4) is 0 Å². The van der Waals surface area contributed by atoms with E-state index in [0.717, 1.165) is 41.7 Å². The number of anilines is 2. The topological polar surface area (TPSA) is 32.3 Å². The molecule has 1 amide bonds. The molecule has 1 N–H and O–H groups in total. The predicted octanol–water partition coefficient (Wildman–Crippen LogP) is 3.15. The van der Waals surface area contributed by atoms with E-state index in [1.54, 1.807) is 0 Å². The summed E-state index contributed by atoms with van der Waals surface area (Å²) in [5.74, 6) is 0.167. The molecule has 17 heavy (non-hydrogen) atoms. The van der Waals surface area contributed by atoms with Gasteiger partial charge >= 0.3 is 0 Å². The van der Waals surface area contributed by atoms with Crippen molar-refractivity contribution in [2.45, 2.75) is 31.7 Å². The molecule has 1 spiro atoms. The van der Waals surface area contributed by atoms with Gasteiger partial charge in [-0.2, -0.15) is 0 Å². The van der Waals surface area contributed by atoms with Crippen LogP contribution in [0.2, 0.25) is 0 Å². The van der Waals surface area contributed by atoms with E-state index < -0.39 is 0 Å². The van der Waals surface area contributed by atoms with Crippen LogP contribution in [0.15, 0.2) is 22.7 Å². The van der Waals surface area contributed by atoms with Crippen LogP contribution in [0.4, 0.5) is 11.4 Å². The van der Waals surface area contributed by atoms with Crippen molar-refractivity contribution in [3.05, 3.63) is 22.7 Å². The first kappa shape index (κ1) is 11.1. The van der Waals surface area contributed by atoms with Gasteiger partial charge in [-0.3, -0.25) is 4.79 Å². The van der Waals surface area contributed by atoms with Crippen LogP contribution in [0.5, 0.6) is 0 Å². The van der Waals surface area contributed by atoms with Crippen molar-refractivity contribution in [3.8, 4) is 0 Å². The average molecular weight is 295 g/mol. The molecule has 2 aliphatic rings. The number of benzene rings is 1. The zero-order valence-corrected chi connectivity index (χ0v) is 11.4. The second-order valence-corrected chi connectivity index (χ2v) is 5.66. The van der Waals surface area contributed by atoms with E-state index in [0.29, 0.717) is 0 Å². The summed E-state index contributed by atoms with van der Waals surface area (Å²) in [5, 5.41) is 3.04. The lowest BCUT2D eigenvalue weighted by Gasteiger charge is -2.52. The van der Waals surface area contributed by atoms with Crippen LogP contribution < -0.4 is 10.2 Å². The van der Waals surface area contributed by atoms with Crippen LogP contribution in [0.1, 0.15) is 26.2 Å². The van der Waals surface area contributed by atoms with E-state index in [4.69, 9.17) is 0 Å². The molecule has 4 heteroatoms. The van der Waals surface area contributed by atoms with E-state index in [2.05, 4.69) is 39.1 Å². The Hall–Kier alpha value is -1.03. The van der Waals surface area contributed by atoms with Gasteiger partial charge in [0.25, 0.3) is 0 Å². The van der Waals surface area contributed by atoms with Gasteiger partial charge in [0.1, 0.15) is 5.54 Å². The first-order valence-electron chi connectivity index (χ1n) is 6.06. The molecule has 1 saturated carbocycles. The summed E-state index contributed by atoms with van der Waals surface area (Å²) in [6, 6.07) is 6.02. The first-order valence-corrected chi connectivity index (χ1v) is 6.85. The molecule has 0 radical (unpaired) electrons. The number of hydrogen-bond acceptors (Lipinski definition) is 2. The highest BCUT2D eigenvalue weighted by molar-refractivity contribution is 9.10. The van der Waals surface area contributed by atoms with Crippen molar-refractivity contribution in [2.75, 3.05) is 16.8 Å². The molecule has 1 aliphatic carbocycles. The maximum atomic E-state index is 12.3. The number of carbonyl (C=O) groups is 1. The normalized spacial score (nSPS) is 20.8. The molecule has 3 rings (SSSR count). The van der Waals surface area contributed by atoms with E-state index in [1.807, 2.05) is 12.1 Å². The van der Waals surface area contributed by atoms with Gasteiger partial charge in [0.15, 0.2) is 0 Å². The summed E-state index contributed by atoms with van der Waals surface area (Å²) in [5.41, 5.74) is 1.79. The quantitative estimate of drug-likeness (QED) is 0.863. The highest BCUT2D eigenvalue weighted by atomic mass is 79.9. The molecular formula is C13H15BrN2O. The Bertz CT molecular complexity index is 482. The monoisotopic (exact) mass is 294 g/mol. The maximum Gasteiger partial charge on any atom is 0.250 e. The van der Waals surface area contributed by atoms with E-state index in [9.17, 15) is 4.79 Å². The van der Waals surface area contributed by atoms with Crippen molar-refractivity contribution < 1.29 is 4.79 Å². The Morgan fingerprint density at radius 1 is 1.47 bits per heavy atom. The summed E-state index contributed by atoms with van der Waals surface area (Å²) in [7, 11) is 0. The molecule has 0 unspecified atom stereocenters. The Morgan fingerprint density at radius 2 is 2.24 bits per heavy atom. The Morgan fingerprint density at radius 3 is 2.82 bits per heavy atom. The number of rotatable bonds is 1. The molecule has 1 aromatic rings. The van der Waals surface area contributed by atoms with Gasteiger partial charge in [0, 0.05) is 11.0 Å². The third-order valence-electron chi connectivity index (χ3n) is 3.94. The standard InChI is InChI=1S/C13H15BrN2O/c1-2-16-11-8-9(14)4-5-10(11)15-12(17)13(16)6-3-7-13/h4-5,8H,2-3,6-7H2,1H3,(H,15,17). The molecule has 0 aromatic heterocycles. The SMILES string of the molecule is CCN1c2cc(Br)ccc2NC(=O)C12CCC2. The largest absolute Gasteiger partial charge is 0.356 e. The molecule has 0 atom stereocenters. The molecule has 90 valence electrons. The zero-order valence-electron chi connectivity index (χ0n) is 9.79. The minimum atomic E-state index is -0.275. The second kappa shape index (κ2) is 3.73. The Balaban J connectivity index is 2.13. The predicted molar refractivity (Wildman–Crippen MR) is 72.4 cm³/mol. The summed E-state index contributed by atoms with van der Waals surface area (Å²) in [6.07, 6.45) is 3.09.